The van der Waals surface area contributed by atoms with Gasteiger partial charge < -0.3 is 24.8 Å². The van der Waals surface area contributed by atoms with Crippen LogP contribution in [-0.4, -0.2) is 24.7 Å². The van der Waals surface area contributed by atoms with Gasteiger partial charge in [-0.2, -0.15) is 0 Å². The first-order valence-corrected chi connectivity index (χ1v) is 8.54. The SMILES string of the molecule is C[C@H](NC(=S)Nc1ccc(OC(F)(F)F)cc1)c1ccc2c(c1)OCCO2. The zero-order valence-corrected chi connectivity index (χ0v) is 15.1. The molecule has 3 rings (SSSR count). The predicted molar refractivity (Wildman–Crippen MR) is 98.3 cm³/mol. The third-order valence-electron chi connectivity index (χ3n) is 3.76. The zero-order valence-electron chi connectivity index (χ0n) is 14.3. The van der Waals surface area contributed by atoms with Crippen molar-refractivity contribution in [1.29, 1.82) is 0 Å². The molecule has 5 nitrogen and oxygen atoms in total. The number of ether oxygens (including phenoxy) is 3. The molecule has 1 heterocycles. The molecule has 0 fully saturated rings. The lowest BCUT2D eigenvalue weighted by molar-refractivity contribution is -0.274. The van der Waals surface area contributed by atoms with Crippen LogP contribution in [0, 0.1) is 0 Å². The van der Waals surface area contributed by atoms with Gasteiger partial charge in [0.05, 0.1) is 6.04 Å². The summed E-state index contributed by atoms with van der Waals surface area (Å²) in [4.78, 5) is 0. The Bertz CT molecular complexity index is 812. The first-order chi connectivity index (χ1) is 12.8. The molecule has 0 aromatic heterocycles. The molecule has 0 bridgehead atoms. The van der Waals surface area contributed by atoms with Crippen LogP contribution in [0.1, 0.15) is 18.5 Å². The minimum atomic E-state index is -4.72. The summed E-state index contributed by atoms with van der Waals surface area (Å²) in [6.45, 7) is 2.97. The van der Waals surface area contributed by atoms with E-state index in [9.17, 15) is 13.2 Å². The Balaban J connectivity index is 1.57. The maximum Gasteiger partial charge on any atom is 0.573 e. The number of thiocarbonyl (C=S) groups is 1. The van der Waals surface area contributed by atoms with E-state index in [-0.39, 0.29) is 11.8 Å². The lowest BCUT2D eigenvalue weighted by atomic mass is 10.1. The molecule has 2 N–H and O–H groups in total. The quantitative estimate of drug-likeness (QED) is 0.745. The van der Waals surface area contributed by atoms with Crippen molar-refractivity contribution in [1.82, 2.24) is 5.32 Å². The Labute approximate surface area is 159 Å². The van der Waals surface area contributed by atoms with Gasteiger partial charge in [0, 0.05) is 5.69 Å². The number of hydrogen-bond acceptors (Lipinski definition) is 4. The standard InChI is InChI=1S/C18H17F3N2O3S/c1-11(12-2-7-15-16(10-12)25-9-8-24-15)22-17(27)23-13-3-5-14(6-4-13)26-18(19,20)21/h2-7,10-11H,8-9H2,1H3,(H2,22,23,27)/t11-/m0/s1. The average molecular weight is 398 g/mol. The largest absolute Gasteiger partial charge is 0.573 e. The fraction of sp³-hybridized carbons (Fsp3) is 0.278. The highest BCUT2D eigenvalue weighted by Gasteiger charge is 2.30. The molecule has 0 amide bonds. The lowest BCUT2D eigenvalue weighted by Crippen LogP contribution is -2.31. The van der Waals surface area contributed by atoms with Crippen molar-refractivity contribution in [2.24, 2.45) is 0 Å². The first kappa shape index (κ1) is 19.1. The number of fused-ring (bicyclic) bond motifs is 1. The van der Waals surface area contributed by atoms with Gasteiger partial charge in [0.25, 0.3) is 0 Å². The second-order valence-corrected chi connectivity index (χ2v) is 6.20. The fourth-order valence-corrected chi connectivity index (χ4v) is 2.81. The van der Waals surface area contributed by atoms with Crippen LogP contribution in [0.5, 0.6) is 17.2 Å². The molecule has 0 radical (unpaired) electrons. The third kappa shape index (κ3) is 5.40. The predicted octanol–water partition coefficient (Wildman–Crippen LogP) is 4.40. The number of anilines is 1. The van der Waals surface area contributed by atoms with Crippen LogP contribution in [0.25, 0.3) is 0 Å². The molecule has 0 spiro atoms. The molecule has 0 unspecified atom stereocenters. The van der Waals surface area contributed by atoms with Crippen LogP contribution in [0.15, 0.2) is 42.5 Å². The van der Waals surface area contributed by atoms with Crippen molar-refractivity contribution in [2.75, 3.05) is 18.5 Å². The molecule has 9 heteroatoms. The Morgan fingerprint density at radius 2 is 1.74 bits per heavy atom. The van der Waals surface area contributed by atoms with Crippen LogP contribution < -0.4 is 24.8 Å². The van der Waals surface area contributed by atoms with E-state index in [2.05, 4.69) is 15.4 Å². The molecule has 0 saturated heterocycles. The number of alkyl halides is 3. The van der Waals surface area contributed by atoms with Crippen molar-refractivity contribution < 1.29 is 27.4 Å². The van der Waals surface area contributed by atoms with Crippen molar-refractivity contribution >= 4 is 23.0 Å². The van der Waals surface area contributed by atoms with Crippen LogP contribution in [0.4, 0.5) is 18.9 Å². The first-order valence-electron chi connectivity index (χ1n) is 8.13. The smallest absolute Gasteiger partial charge is 0.486 e. The summed E-state index contributed by atoms with van der Waals surface area (Å²) >= 11 is 5.26. The zero-order chi connectivity index (χ0) is 19.4. The van der Waals surface area contributed by atoms with E-state index in [1.54, 1.807) is 0 Å². The number of rotatable bonds is 4. The second-order valence-electron chi connectivity index (χ2n) is 5.80. The number of nitrogens with one attached hydrogen (secondary N) is 2. The summed E-state index contributed by atoms with van der Waals surface area (Å²) in [5, 5.41) is 6.37. The molecule has 2 aromatic carbocycles. The number of benzene rings is 2. The van der Waals surface area contributed by atoms with Crippen LogP contribution >= 0.6 is 12.2 Å². The summed E-state index contributed by atoms with van der Waals surface area (Å²) < 4.78 is 51.4. The van der Waals surface area contributed by atoms with Crippen LogP contribution in [-0.2, 0) is 0 Å². The normalized spacial score (nSPS) is 14.2. The molecular weight excluding hydrogens is 381 g/mol. The summed E-state index contributed by atoms with van der Waals surface area (Å²) in [6, 6.07) is 10.8. The van der Waals surface area contributed by atoms with Gasteiger partial charge in [-0.05, 0) is 61.1 Å². The summed E-state index contributed by atoms with van der Waals surface area (Å²) in [5.41, 5.74) is 1.49. The Morgan fingerprint density at radius 1 is 1.07 bits per heavy atom. The van der Waals surface area contributed by atoms with Gasteiger partial charge in [0.15, 0.2) is 16.6 Å². The highest BCUT2D eigenvalue weighted by molar-refractivity contribution is 7.80. The van der Waals surface area contributed by atoms with E-state index < -0.39 is 6.36 Å². The fourth-order valence-electron chi connectivity index (χ4n) is 2.52. The monoisotopic (exact) mass is 398 g/mol. The third-order valence-corrected chi connectivity index (χ3v) is 3.98. The molecule has 1 aliphatic rings. The van der Waals surface area contributed by atoms with Crippen molar-refractivity contribution in [3.8, 4) is 17.2 Å². The van der Waals surface area contributed by atoms with E-state index in [0.29, 0.717) is 35.5 Å². The van der Waals surface area contributed by atoms with Crippen LogP contribution in [0.2, 0.25) is 0 Å². The number of hydrogen-bond donors (Lipinski definition) is 2. The van der Waals surface area contributed by atoms with Gasteiger partial charge >= 0.3 is 6.36 Å². The summed E-state index contributed by atoms with van der Waals surface area (Å²) in [6.07, 6.45) is -4.72. The van der Waals surface area contributed by atoms with Gasteiger partial charge in [-0.15, -0.1) is 13.2 Å². The van der Waals surface area contributed by atoms with E-state index >= 15 is 0 Å². The van der Waals surface area contributed by atoms with Crippen molar-refractivity contribution in [2.45, 2.75) is 19.3 Å². The Hall–Kier alpha value is -2.68. The Kier molecular flexibility index (Phi) is 5.59. The Morgan fingerprint density at radius 3 is 2.41 bits per heavy atom. The topological polar surface area (TPSA) is 51.8 Å². The molecule has 1 atom stereocenters. The summed E-state index contributed by atoms with van der Waals surface area (Å²) in [5.74, 6) is 1.10. The summed E-state index contributed by atoms with van der Waals surface area (Å²) in [7, 11) is 0. The van der Waals surface area contributed by atoms with Gasteiger partial charge in [-0.3, -0.25) is 0 Å². The second kappa shape index (κ2) is 7.91. The minimum absolute atomic E-state index is 0.117. The molecular formula is C18H17F3N2O3S. The molecule has 1 aliphatic heterocycles. The number of halogens is 3. The molecule has 144 valence electrons. The van der Waals surface area contributed by atoms with E-state index in [1.165, 1.54) is 24.3 Å². The highest BCUT2D eigenvalue weighted by Crippen LogP contribution is 2.32. The van der Waals surface area contributed by atoms with Crippen molar-refractivity contribution in [3.63, 3.8) is 0 Å². The maximum absolute atomic E-state index is 12.2. The maximum atomic E-state index is 12.2. The van der Waals surface area contributed by atoms with Gasteiger partial charge in [0.1, 0.15) is 19.0 Å². The van der Waals surface area contributed by atoms with Crippen LogP contribution in [0.3, 0.4) is 0 Å². The van der Waals surface area contributed by atoms with E-state index in [1.807, 2.05) is 25.1 Å². The molecule has 0 aliphatic carbocycles. The van der Waals surface area contributed by atoms with Gasteiger partial charge in [-0.25, -0.2) is 0 Å². The highest BCUT2D eigenvalue weighted by atomic mass is 32.1. The van der Waals surface area contributed by atoms with Crippen molar-refractivity contribution in [3.05, 3.63) is 48.0 Å². The average Bonchev–Trinajstić information content (AvgIpc) is 2.61. The molecule has 0 saturated carbocycles. The van der Waals surface area contributed by atoms with E-state index in [0.717, 1.165) is 5.56 Å². The van der Waals surface area contributed by atoms with E-state index in [4.69, 9.17) is 21.7 Å². The molecule has 2 aromatic rings. The minimum Gasteiger partial charge on any atom is -0.486 e. The molecule has 27 heavy (non-hydrogen) atoms. The van der Waals surface area contributed by atoms with Gasteiger partial charge in [0.2, 0.25) is 0 Å². The lowest BCUT2D eigenvalue weighted by Gasteiger charge is -2.22. The van der Waals surface area contributed by atoms with Gasteiger partial charge in [-0.1, -0.05) is 6.07 Å².